The van der Waals surface area contributed by atoms with Crippen LogP contribution in [0, 0.1) is 0 Å². The van der Waals surface area contributed by atoms with Crippen molar-refractivity contribution in [2.45, 2.75) is 58.0 Å². The fourth-order valence-corrected chi connectivity index (χ4v) is 3.70. The molecule has 0 aromatic heterocycles. The SMILES string of the molecule is CC(C)(C)OC(=O)NCCOCCOCCNC(=O)COC(C)(C)C(F)CNC(c1ccccc1)c1ccccc1. The molecule has 0 aliphatic rings. The molecule has 41 heavy (non-hydrogen) atoms. The molecule has 2 rings (SSSR count). The largest absolute Gasteiger partial charge is 0.444 e. The number of alkyl carbamates (subject to hydrolysis) is 1. The van der Waals surface area contributed by atoms with Gasteiger partial charge in [0.05, 0.1) is 38.1 Å². The number of alkyl halides is 1. The zero-order valence-electron chi connectivity index (χ0n) is 24.9. The summed E-state index contributed by atoms with van der Waals surface area (Å²) in [6, 6.07) is 19.6. The lowest BCUT2D eigenvalue weighted by atomic mass is 9.97. The zero-order valence-corrected chi connectivity index (χ0v) is 24.9. The van der Waals surface area contributed by atoms with Crippen molar-refractivity contribution >= 4 is 12.0 Å². The lowest BCUT2D eigenvalue weighted by Crippen LogP contribution is -2.45. The van der Waals surface area contributed by atoms with E-state index in [-0.39, 0.29) is 25.1 Å². The van der Waals surface area contributed by atoms with E-state index in [1.165, 1.54) is 0 Å². The Morgan fingerprint density at radius 2 is 1.29 bits per heavy atom. The van der Waals surface area contributed by atoms with Gasteiger partial charge in [-0.2, -0.15) is 0 Å². The van der Waals surface area contributed by atoms with Crippen LogP contribution in [-0.4, -0.2) is 82.0 Å². The van der Waals surface area contributed by atoms with Crippen molar-refractivity contribution in [1.82, 2.24) is 16.0 Å². The highest BCUT2D eigenvalue weighted by Crippen LogP contribution is 2.24. The maximum absolute atomic E-state index is 15.3. The first kappa shape index (κ1) is 34.2. The molecule has 0 saturated heterocycles. The Balaban J connectivity index is 1.59. The van der Waals surface area contributed by atoms with Gasteiger partial charge in [0.25, 0.3) is 0 Å². The van der Waals surface area contributed by atoms with Gasteiger partial charge < -0.3 is 34.9 Å². The number of benzene rings is 2. The van der Waals surface area contributed by atoms with Crippen molar-refractivity contribution in [3.63, 3.8) is 0 Å². The second-order valence-corrected chi connectivity index (χ2v) is 11.0. The van der Waals surface area contributed by atoms with Gasteiger partial charge in [0, 0.05) is 19.6 Å². The predicted molar refractivity (Wildman–Crippen MR) is 157 cm³/mol. The second kappa shape index (κ2) is 17.7. The minimum Gasteiger partial charge on any atom is -0.444 e. The summed E-state index contributed by atoms with van der Waals surface area (Å²) in [4.78, 5) is 23.7. The van der Waals surface area contributed by atoms with Crippen molar-refractivity contribution in [2.24, 2.45) is 0 Å². The van der Waals surface area contributed by atoms with Crippen LogP contribution < -0.4 is 16.0 Å². The van der Waals surface area contributed by atoms with Crippen molar-refractivity contribution in [3.05, 3.63) is 71.8 Å². The Labute approximate surface area is 243 Å². The van der Waals surface area contributed by atoms with Crippen LogP contribution in [0.25, 0.3) is 0 Å². The van der Waals surface area contributed by atoms with Crippen LogP contribution in [0.4, 0.5) is 9.18 Å². The Morgan fingerprint density at radius 1 is 0.780 bits per heavy atom. The highest BCUT2D eigenvalue weighted by Gasteiger charge is 2.32. The Hall–Kier alpha value is -3.05. The number of ether oxygens (including phenoxy) is 4. The molecule has 0 bridgehead atoms. The first-order valence-corrected chi connectivity index (χ1v) is 14.0. The molecule has 0 aliphatic heterocycles. The molecule has 0 aliphatic carbocycles. The first-order valence-electron chi connectivity index (χ1n) is 14.0. The highest BCUT2D eigenvalue weighted by atomic mass is 19.1. The molecular weight excluding hydrogens is 529 g/mol. The van der Waals surface area contributed by atoms with Gasteiger partial charge in [0.2, 0.25) is 5.91 Å². The molecule has 1 unspecified atom stereocenters. The number of halogens is 1. The van der Waals surface area contributed by atoms with E-state index in [9.17, 15) is 9.59 Å². The molecule has 9 nitrogen and oxygen atoms in total. The second-order valence-electron chi connectivity index (χ2n) is 11.0. The smallest absolute Gasteiger partial charge is 0.407 e. The maximum atomic E-state index is 15.3. The van der Waals surface area contributed by atoms with E-state index in [1.54, 1.807) is 34.6 Å². The first-order chi connectivity index (χ1) is 19.5. The molecule has 0 spiro atoms. The molecule has 228 valence electrons. The number of hydrogen-bond acceptors (Lipinski definition) is 7. The topological polar surface area (TPSA) is 107 Å². The highest BCUT2D eigenvalue weighted by molar-refractivity contribution is 5.77. The fourth-order valence-electron chi connectivity index (χ4n) is 3.70. The van der Waals surface area contributed by atoms with Gasteiger partial charge >= 0.3 is 6.09 Å². The molecule has 1 atom stereocenters. The molecule has 0 radical (unpaired) electrons. The van der Waals surface area contributed by atoms with Crippen LogP contribution in [0.15, 0.2) is 60.7 Å². The van der Waals surface area contributed by atoms with Crippen LogP contribution >= 0.6 is 0 Å². The average Bonchev–Trinajstić information content (AvgIpc) is 2.93. The molecule has 2 amide bonds. The van der Waals surface area contributed by atoms with E-state index in [2.05, 4.69) is 16.0 Å². The van der Waals surface area contributed by atoms with Crippen LogP contribution in [-0.2, 0) is 23.7 Å². The standard InChI is InChI=1S/C31H46FN3O6/c1-30(2,3)41-29(37)34-17-19-39-21-20-38-18-16-33-27(36)23-40-31(4,5)26(32)22-35-28(24-12-8-6-9-13-24)25-14-10-7-11-15-25/h6-15,26,28,35H,16-23H2,1-5H3,(H,33,36)(H,34,37). The van der Waals surface area contributed by atoms with E-state index in [0.717, 1.165) is 11.1 Å². The molecule has 2 aromatic rings. The van der Waals surface area contributed by atoms with E-state index >= 15 is 4.39 Å². The number of amides is 2. The van der Waals surface area contributed by atoms with E-state index in [1.807, 2.05) is 60.7 Å². The van der Waals surface area contributed by atoms with E-state index in [0.29, 0.717) is 39.5 Å². The van der Waals surface area contributed by atoms with E-state index in [4.69, 9.17) is 18.9 Å². The van der Waals surface area contributed by atoms with Crippen molar-refractivity contribution in [3.8, 4) is 0 Å². The van der Waals surface area contributed by atoms with Gasteiger partial charge in [-0.1, -0.05) is 60.7 Å². The van der Waals surface area contributed by atoms with Gasteiger partial charge in [-0.25, -0.2) is 9.18 Å². The number of carbonyl (C=O) groups excluding carboxylic acids is 2. The van der Waals surface area contributed by atoms with Gasteiger partial charge in [-0.3, -0.25) is 4.79 Å². The Kier molecular flexibility index (Phi) is 14.7. The molecule has 0 fully saturated rings. The van der Waals surface area contributed by atoms with Crippen LogP contribution in [0.5, 0.6) is 0 Å². The summed E-state index contributed by atoms with van der Waals surface area (Å²) in [6.45, 7) is 10.4. The van der Waals surface area contributed by atoms with Crippen molar-refractivity contribution < 1.29 is 32.9 Å². The molecular formula is C31H46FN3O6. The number of carbonyl (C=O) groups is 2. The summed E-state index contributed by atoms with van der Waals surface area (Å²) in [5.74, 6) is -0.349. The van der Waals surface area contributed by atoms with E-state index < -0.39 is 23.5 Å². The lowest BCUT2D eigenvalue weighted by Gasteiger charge is -2.30. The van der Waals surface area contributed by atoms with Crippen molar-refractivity contribution in [1.29, 1.82) is 0 Å². The number of nitrogens with one attached hydrogen (secondary N) is 3. The normalized spacial score (nSPS) is 12.7. The summed E-state index contributed by atoms with van der Waals surface area (Å²) < 4.78 is 36.8. The van der Waals surface area contributed by atoms with Gasteiger partial charge in [0.1, 0.15) is 18.4 Å². The Bertz CT molecular complexity index is 978. The lowest BCUT2D eigenvalue weighted by molar-refractivity contribution is -0.136. The van der Waals surface area contributed by atoms with Gasteiger partial charge in [-0.15, -0.1) is 0 Å². The number of hydrogen-bond donors (Lipinski definition) is 3. The molecule has 0 saturated carbocycles. The zero-order chi connectivity index (χ0) is 30.1. The molecule has 0 heterocycles. The maximum Gasteiger partial charge on any atom is 0.407 e. The third-order valence-electron chi connectivity index (χ3n) is 5.95. The molecule has 2 aromatic carbocycles. The summed E-state index contributed by atoms with van der Waals surface area (Å²) >= 11 is 0. The molecule has 10 heteroatoms. The van der Waals surface area contributed by atoms with Gasteiger partial charge in [0.15, 0.2) is 0 Å². The minimum atomic E-state index is -1.35. The van der Waals surface area contributed by atoms with Crippen LogP contribution in [0.3, 0.4) is 0 Å². The summed E-state index contributed by atoms with van der Waals surface area (Å²) in [5, 5.41) is 8.63. The Morgan fingerprint density at radius 3 is 1.80 bits per heavy atom. The van der Waals surface area contributed by atoms with Crippen LogP contribution in [0.1, 0.15) is 51.8 Å². The monoisotopic (exact) mass is 575 g/mol. The van der Waals surface area contributed by atoms with Crippen molar-refractivity contribution in [2.75, 3.05) is 52.7 Å². The predicted octanol–water partition coefficient (Wildman–Crippen LogP) is 4.17. The third-order valence-corrected chi connectivity index (χ3v) is 5.95. The fraction of sp³-hybridized carbons (Fsp3) is 0.548. The van der Waals surface area contributed by atoms with Gasteiger partial charge in [-0.05, 0) is 45.7 Å². The summed E-state index contributed by atoms with van der Waals surface area (Å²) in [6.07, 6.45) is -1.84. The third kappa shape index (κ3) is 14.4. The molecule has 3 N–H and O–H groups in total. The quantitative estimate of drug-likeness (QED) is 0.229. The number of rotatable bonds is 18. The summed E-state index contributed by atoms with van der Waals surface area (Å²) in [5.41, 5.74) is 0.356. The van der Waals surface area contributed by atoms with Crippen LogP contribution in [0.2, 0.25) is 0 Å². The summed E-state index contributed by atoms with van der Waals surface area (Å²) in [7, 11) is 0. The average molecular weight is 576 g/mol. The minimum absolute atomic E-state index is 0.0516.